The molecule has 2 heterocycles. The molecule has 11 heteroatoms. The number of carbonyl (C=O) groups is 1. The van der Waals surface area contributed by atoms with Crippen LogP contribution < -0.4 is 14.8 Å². The molecule has 3 aromatic carbocycles. The summed E-state index contributed by atoms with van der Waals surface area (Å²) in [6, 6.07) is 13.6. The van der Waals surface area contributed by atoms with E-state index in [9.17, 15) is 18.0 Å². The van der Waals surface area contributed by atoms with Gasteiger partial charge in [-0.15, -0.1) is 0 Å². The Morgan fingerprint density at radius 3 is 2.43 bits per heavy atom. The molecular weight excluding hydrogens is 571 g/mol. The van der Waals surface area contributed by atoms with Crippen molar-refractivity contribution in [2.45, 2.75) is 38.3 Å². The highest BCUT2D eigenvalue weighted by Gasteiger charge is 2.27. The van der Waals surface area contributed by atoms with Crippen LogP contribution in [0.15, 0.2) is 73.4 Å². The van der Waals surface area contributed by atoms with Crippen LogP contribution in [0.5, 0.6) is 11.5 Å². The Bertz CT molecular complexity index is 1770. The average molecular weight is 602 g/mol. The summed E-state index contributed by atoms with van der Waals surface area (Å²) in [4.78, 5) is 20.9. The summed E-state index contributed by atoms with van der Waals surface area (Å²) in [6.07, 6.45) is 10.4. The molecule has 6 rings (SSSR count). The molecule has 1 amide bonds. The minimum absolute atomic E-state index is 0.148. The van der Waals surface area contributed by atoms with Crippen LogP contribution in [0.3, 0.4) is 0 Å². The largest absolute Gasteiger partial charge is 0.497 e. The lowest BCUT2D eigenvalue weighted by molar-refractivity contribution is 0.0935. The van der Waals surface area contributed by atoms with Gasteiger partial charge >= 0.3 is 0 Å². The van der Waals surface area contributed by atoms with Gasteiger partial charge in [0.25, 0.3) is 5.91 Å². The monoisotopic (exact) mass is 601 g/mol. The molecule has 0 unspecified atom stereocenters. The van der Waals surface area contributed by atoms with Gasteiger partial charge in [-0.1, -0.05) is 24.3 Å². The number of aromatic nitrogens is 4. The first-order valence-electron chi connectivity index (χ1n) is 14.4. The van der Waals surface area contributed by atoms with E-state index < -0.39 is 34.7 Å². The fourth-order valence-corrected chi connectivity index (χ4v) is 5.55. The van der Waals surface area contributed by atoms with Crippen molar-refractivity contribution in [1.82, 2.24) is 25.1 Å². The van der Waals surface area contributed by atoms with Gasteiger partial charge in [-0.25, -0.2) is 18.7 Å². The fraction of sp³-hybridized carbons (Fsp3) is 0.273. The Labute approximate surface area is 251 Å². The number of rotatable bonds is 9. The number of fused-ring (bicyclic) bond motifs is 1. The number of nitrogens with zero attached hydrogens (tertiary/aromatic N) is 4. The normalized spacial score (nSPS) is 16.5. The van der Waals surface area contributed by atoms with E-state index >= 15 is 0 Å². The molecule has 2 aromatic heterocycles. The van der Waals surface area contributed by atoms with Crippen LogP contribution in [0.4, 0.5) is 13.2 Å². The Morgan fingerprint density at radius 1 is 0.955 bits per heavy atom. The maximum absolute atomic E-state index is 14.8. The minimum atomic E-state index is -1.54. The van der Waals surface area contributed by atoms with Crippen LogP contribution in [0.25, 0.3) is 22.0 Å². The Hall–Kier alpha value is -4.93. The Kier molecular flexibility index (Phi) is 8.44. The molecule has 44 heavy (non-hydrogen) atoms. The molecule has 0 saturated heterocycles. The van der Waals surface area contributed by atoms with Gasteiger partial charge in [0.15, 0.2) is 17.4 Å². The molecule has 0 atom stereocenters. The van der Waals surface area contributed by atoms with E-state index in [1.54, 1.807) is 36.7 Å². The first kappa shape index (κ1) is 29.2. The molecule has 1 fully saturated rings. The lowest BCUT2D eigenvalue weighted by Gasteiger charge is -2.28. The van der Waals surface area contributed by atoms with Crippen molar-refractivity contribution in [3.05, 3.63) is 102 Å². The van der Waals surface area contributed by atoms with Gasteiger partial charge in [0, 0.05) is 36.1 Å². The van der Waals surface area contributed by atoms with Crippen molar-refractivity contribution >= 4 is 16.8 Å². The molecule has 226 valence electrons. The third kappa shape index (κ3) is 6.22. The summed E-state index contributed by atoms with van der Waals surface area (Å²) in [7, 11) is 1.52. The van der Waals surface area contributed by atoms with E-state index in [0.29, 0.717) is 17.4 Å². The number of ether oxygens (including phenoxy) is 2. The second-order valence-electron chi connectivity index (χ2n) is 10.9. The van der Waals surface area contributed by atoms with E-state index in [2.05, 4.69) is 15.3 Å². The summed E-state index contributed by atoms with van der Waals surface area (Å²) in [5.41, 5.74) is 2.71. The molecule has 1 saturated carbocycles. The maximum Gasteiger partial charge on any atom is 0.254 e. The molecule has 1 aliphatic carbocycles. The van der Waals surface area contributed by atoms with Crippen LogP contribution in [-0.2, 0) is 6.61 Å². The molecule has 1 aliphatic rings. The Morgan fingerprint density at radius 2 is 1.70 bits per heavy atom. The highest BCUT2D eigenvalue weighted by atomic mass is 19.2. The fourth-order valence-electron chi connectivity index (χ4n) is 5.55. The van der Waals surface area contributed by atoms with Crippen LogP contribution in [0.2, 0.25) is 0 Å². The second-order valence-corrected chi connectivity index (χ2v) is 10.9. The van der Waals surface area contributed by atoms with Crippen LogP contribution in [0.1, 0.15) is 47.6 Å². The Balaban J connectivity index is 1.03. The van der Waals surface area contributed by atoms with Crippen molar-refractivity contribution in [2.75, 3.05) is 13.7 Å². The average Bonchev–Trinajstić information content (AvgIpc) is 3.50. The van der Waals surface area contributed by atoms with Gasteiger partial charge in [0.2, 0.25) is 5.82 Å². The van der Waals surface area contributed by atoms with Gasteiger partial charge in [0.05, 0.1) is 24.2 Å². The van der Waals surface area contributed by atoms with E-state index in [0.717, 1.165) is 47.7 Å². The van der Waals surface area contributed by atoms with Gasteiger partial charge in [-0.2, -0.15) is 9.49 Å². The SMILES string of the molecule is COc1ccc(COc2c(F)cc(C(=O)NC[C@H]3CC[C@H](n4cc5ccc(-c6cncnc6)cc5n4)CC3)c(F)c2F)cc1. The van der Waals surface area contributed by atoms with Gasteiger partial charge in [-0.05, 0) is 67.0 Å². The van der Waals surface area contributed by atoms with Crippen molar-refractivity contribution in [3.63, 3.8) is 0 Å². The van der Waals surface area contributed by atoms with Crippen LogP contribution in [-0.4, -0.2) is 39.3 Å². The molecule has 5 aromatic rings. The third-order valence-corrected chi connectivity index (χ3v) is 8.06. The minimum Gasteiger partial charge on any atom is -0.497 e. The molecule has 0 radical (unpaired) electrons. The van der Waals surface area contributed by atoms with Crippen LogP contribution >= 0.6 is 0 Å². The first-order chi connectivity index (χ1) is 21.4. The molecule has 0 bridgehead atoms. The van der Waals surface area contributed by atoms with E-state index in [1.807, 2.05) is 29.1 Å². The molecular formula is C33H30F3N5O3. The molecule has 8 nitrogen and oxygen atoms in total. The molecule has 0 aliphatic heterocycles. The predicted molar refractivity (Wildman–Crippen MR) is 158 cm³/mol. The summed E-state index contributed by atoms with van der Waals surface area (Å²) < 4.78 is 56.6. The summed E-state index contributed by atoms with van der Waals surface area (Å²) >= 11 is 0. The van der Waals surface area contributed by atoms with Crippen molar-refractivity contribution in [3.8, 4) is 22.6 Å². The number of nitrogens with one attached hydrogen (secondary N) is 1. The van der Waals surface area contributed by atoms with Gasteiger partial charge in [-0.3, -0.25) is 9.48 Å². The lowest BCUT2D eigenvalue weighted by atomic mass is 9.86. The van der Waals surface area contributed by atoms with Crippen molar-refractivity contribution in [2.24, 2.45) is 5.92 Å². The first-order valence-corrected chi connectivity index (χ1v) is 14.4. The zero-order valence-electron chi connectivity index (χ0n) is 24.0. The number of hydrogen-bond acceptors (Lipinski definition) is 6. The smallest absolute Gasteiger partial charge is 0.254 e. The number of halogens is 3. The lowest BCUT2D eigenvalue weighted by Crippen LogP contribution is -2.32. The zero-order chi connectivity index (χ0) is 30.6. The molecule has 1 N–H and O–H groups in total. The van der Waals surface area contributed by atoms with Gasteiger partial charge < -0.3 is 14.8 Å². The van der Waals surface area contributed by atoms with Gasteiger partial charge in [0.1, 0.15) is 18.7 Å². The standard InChI is InChI=1S/C33H30F3N5O3/c1-43-26-10-4-21(5-11-26)18-44-32-28(34)13-27(30(35)31(32)36)33(42)39-14-20-2-8-25(9-3-20)41-17-23-7-6-22(12-29(23)40-41)24-15-37-19-38-16-24/h4-7,10-13,15-17,19-20,25H,2-3,8-9,14,18H2,1H3,(H,39,42)/t20-,25-. The van der Waals surface area contributed by atoms with Crippen molar-refractivity contribution < 1.29 is 27.4 Å². The number of benzene rings is 3. The highest BCUT2D eigenvalue weighted by molar-refractivity contribution is 5.94. The summed E-state index contributed by atoms with van der Waals surface area (Å²) in [5, 5.41) is 8.50. The number of carbonyl (C=O) groups excluding carboxylic acids is 1. The quantitative estimate of drug-likeness (QED) is 0.190. The maximum atomic E-state index is 14.8. The molecule has 0 spiro atoms. The van der Waals surface area contributed by atoms with E-state index in [1.165, 1.54) is 13.4 Å². The predicted octanol–water partition coefficient (Wildman–Crippen LogP) is 6.66. The van der Waals surface area contributed by atoms with E-state index in [-0.39, 0.29) is 25.1 Å². The zero-order valence-corrected chi connectivity index (χ0v) is 24.0. The highest BCUT2D eigenvalue weighted by Crippen LogP contribution is 2.33. The number of amides is 1. The topological polar surface area (TPSA) is 91.2 Å². The number of methoxy groups -OCH3 is 1. The number of hydrogen-bond donors (Lipinski definition) is 1. The summed E-state index contributed by atoms with van der Waals surface area (Å²) in [5.74, 6) is -5.13. The van der Waals surface area contributed by atoms with E-state index in [4.69, 9.17) is 14.6 Å². The second kappa shape index (κ2) is 12.7. The van der Waals surface area contributed by atoms with Crippen LogP contribution in [0, 0.1) is 23.4 Å². The van der Waals surface area contributed by atoms with Crippen molar-refractivity contribution in [1.29, 1.82) is 0 Å². The summed E-state index contributed by atoms with van der Waals surface area (Å²) in [6.45, 7) is 0.0811. The third-order valence-electron chi connectivity index (χ3n) is 8.06.